The summed E-state index contributed by atoms with van der Waals surface area (Å²) in [7, 11) is 0. The molecule has 2 rings (SSSR count). The molecule has 1 aromatic carbocycles. The molecule has 1 heterocycles. The van der Waals surface area contributed by atoms with E-state index >= 15 is 0 Å². The quantitative estimate of drug-likeness (QED) is 0.820. The van der Waals surface area contributed by atoms with Gasteiger partial charge in [0, 0.05) is 30.7 Å². The lowest BCUT2D eigenvalue weighted by molar-refractivity contribution is 0.127. The van der Waals surface area contributed by atoms with Gasteiger partial charge in [0.1, 0.15) is 5.82 Å². The van der Waals surface area contributed by atoms with Crippen molar-refractivity contribution in [2.75, 3.05) is 6.54 Å². The first-order chi connectivity index (χ1) is 10.8. The zero-order valence-corrected chi connectivity index (χ0v) is 14.9. The third-order valence-electron chi connectivity index (χ3n) is 4.23. The van der Waals surface area contributed by atoms with Crippen LogP contribution in [0.2, 0.25) is 0 Å². The number of rotatable bonds is 7. The molecule has 2 unspecified atom stereocenters. The van der Waals surface area contributed by atoms with Crippen molar-refractivity contribution in [3.8, 4) is 5.69 Å². The molecule has 0 saturated carbocycles. The molecule has 0 fully saturated rings. The average molecular weight is 315 g/mol. The summed E-state index contributed by atoms with van der Waals surface area (Å²) in [6.07, 6.45) is 4.33. The van der Waals surface area contributed by atoms with Crippen LogP contribution in [0.3, 0.4) is 0 Å². The molecule has 0 bridgehead atoms. The molecule has 126 valence electrons. The molecule has 2 atom stereocenters. The number of imidazole rings is 1. The maximum absolute atomic E-state index is 9.58. The summed E-state index contributed by atoms with van der Waals surface area (Å²) in [5, 5.41) is 13.2. The molecule has 1 aromatic heterocycles. The fourth-order valence-electron chi connectivity index (χ4n) is 2.99. The molecular weight excluding hydrogens is 286 g/mol. The second-order valence-electron chi connectivity index (χ2n) is 7.26. The van der Waals surface area contributed by atoms with Crippen LogP contribution in [-0.4, -0.2) is 27.3 Å². The largest absolute Gasteiger partial charge is 0.393 e. The number of aromatic nitrogens is 2. The third-order valence-corrected chi connectivity index (χ3v) is 4.23. The van der Waals surface area contributed by atoms with Crippen LogP contribution in [0.1, 0.15) is 51.5 Å². The SMILES string of the molecule is Cc1nccn1-c1ccc(C(C)NCC(C)(C)CC(C)O)cc1. The lowest BCUT2D eigenvalue weighted by atomic mass is 9.86. The van der Waals surface area contributed by atoms with E-state index in [1.807, 2.05) is 26.2 Å². The van der Waals surface area contributed by atoms with Crippen LogP contribution in [0, 0.1) is 12.3 Å². The highest BCUT2D eigenvalue weighted by Crippen LogP contribution is 2.23. The van der Waals surface area contributed by atoms with Gasteiger partial charge in [0.05, 0.1) is 6.10 Å². The van der Waals surface area contributed by atoms with Crippen molar-refractivity contribution < 1.29 is 5.11 Å². The van der Waals surface area contributed by atoms with E-state index in [1.54, 1.807) is 0 Å². The Bertz CT molecular complexity index is 614. The molecular formula is C19H29N3O. The van der Waals surface area contributed by atoms with Gasteiger partial charge in [0.25, 0.3) is 0 Å². The van der Waals surface area contributed by atoms with Crippen molar-refractivity contribution in [2.45, 2.75) is 53.2 Å². The van der Waals surface area contributed by atoms with Crippen LogP contribution < -0.4 is 5.32 Å². The molecule has 2 aromatic rings. The summed E-state index contributed by atoms with van der Waals surface area (Å²) in [5.41, 5.74) is 2.47. The van der Waals surface area contributed by atoms with Crippen molar-refractivity contribution in [2.24, 2.45) is 5.41 Å². The Balaban J connectivity index is 1.98. The van der Waals surface area contributed by atoms with E-state index in [9.17, 15) is 5.11 Å². The van der Waals surface area contributed by atoms with E-state index in [2.05, 4.69) is 59.9 Å². The first-order valence-electron chi connectivity index (χ1n) is 8.30. The van der Waals surface area contributed by atoms with Gasteiger partial charge in [0.2, 0.25) is 0 Å². The molecule has 0 saturated heterocycles. The lowest BCUT2D eigenvalue weighted by Crippen LogP contribution is -2.33. The van der Waals surface area contributed by atoms with Gasteiger partial charge in [-0.15, -0.1) is 0 Å². The lowest BCUT2D eigenvalue weighted by Gasteiger charge is -2.28. The maximum Gasteiger partial charge on any atom is 0.110 e. The molecule has 4 nitrogen and oxygen atoms in total. The minimum absolute atomic E-state index is 0.0797. The Morgan fingerprint density at radius 3 is 2.39 bits per heavy atom. The molecule has 0 aliphatic carbocycles. The predicted molar refractivity (Wildman–Crippen MR) is 94.8 cm³/mol. The molecule has 0 aliphatic rings. The zero-order valence-electron chi connectivity index (χ0n) is 14.9. The van der Waals surface area contributed by atoms with Gasteiger partial charge in [-0.2, -0.15) is 0 Å². The molecule has 4 heteroatoms. The van der Waals surface area contributed by atoms with Gasteiger partial charge in [-0.05, 0) is 50.3 Å². The van der Waals surface area contributed by atoms with E-state index in [-0.39, 0.29) is 17.6 Å². The zero-order chi connectivity index (χ0) is 17.0. The van der Waals surface area contributed by atoms with Gasteiger partial charge in [-0.1, -0.05) is 26.0 Å². The Morgan fingerprint density at radius 2 is 1.87 bits per heavy atom. The fraction of sp³-hybridized carbons (Fsp3) is 0.526. The summed E-state index contributed by atoms with van der Waals surface area (Å²) in [5.74, 6) is 0.990. The summed E-state index contributed by atoms with van der Waals surface area (Å²) >= 11 is 0. The van der Waals surface area contributed by atoms with E-state index in [4.69, 9.17) is 0 Å². The standard InChI is InChI=1S/C19H29N3O/c1-14(23)12-19(4,5)13-21-15(2)17-6-8-18(9-7-17)22-11-10-20-16(22)3/h6-11,14-15,21,23H,12-13H2,1-5H3. The first-order valence-corrected chi connectivity index (χ1v) is 8.30. The van der Waals surface area contributed by atoms with Crippen LogP contribution >= 0.6 is 0 Å². The fourth-order valence-corrected chi connectivity index (χ4v) is 2.99. The number of nitrogens with one attached hydrogen (secondary N) is 1. The second-order valence-corrected chi connectivity index (χ2v) is 7.26. The first kappa shape index (κ1) is 17.7. The van der Waals surface area contributed by atoms with Gasteiger partial charge in [0.15, 0.2) is 0 Å². The maximum atomic E-state index is 9.58. The van der Waals surface area contributed by atoms with E-state index in [1.165, 1.54) is 5.56 Å². The summed E-state index contributed by atoms with van der Waals surface area (Å²) in [6, 6.07) is 8.86. The highest BCUT2D eigenvalue weighted by Gasteiger charge is 2.21. The van der Waals surface area contributed by atoms with Gasteiger partial charge >= 0.3 is 0 Å². The smallest absolute Gasteiger partial charge is 0.110 e. The monoisotopic (exact) mass is 315 g/mol. The molecule has 0 aliphatic heterocycles. The van der Waals surface area contributed by atoms with Crippen molar-refractivity contribution in [3.05, 3.63) is 48.0 Å². The van der Waals surface area contributed by atoms with Crippen LogP contribution in [0.4, 0.5) is 0 Å². The predicted octanol–water partition coefficient (Wildman–Crippen LogP) is 3.63. The molecule has 0 radical (unpaired) electrons. The van der Waals surface area contributed by atoms with Crippen molar-refractivity contribution in [3.63, 3.8) is 0 Å². The van der Waals surface area contributed by atoms with Crippen molar-refractivity contribution in [1.29, 1.82) is 0 Å². The van der Waals surface area contributed by atoms with E-state index in [0.29, 0.717) is 0 Å². The summed E-state index contributed by atoms with van der Waals surface area (Å²) in [6.45, 7) is 11.3. The van der Waals surface area contributed by atoms with Crippen LogP contribution in [-0.2, 0) is 0 Å². The molecule has 0 spiro atoms. The second kappa shape index (κ2) is 7.28. The topological polar surface area (TPSA) is 50.1 Å². The third kappa shape index (κ3) is 4.91. The molecule has 23 heavy (non-hydrogen) atoms. The van der Waals surface area contributed by atoms with Crippen molar-refractivity contribution >= 4 is 0 Å². The summed E-state index contributed by atoms with van der Waals surface area (Å²) < 4.78 is 2.08. The number of aliphatic hydroxyl groups is 1. The normalized spacial score (nSPS) is 14.7. The van der Waals surface area contributed by atoms with E-state index in [0.717, 1.165) is 24.5 Å². The minimum atomic E-state index is -0.264. The Morgan fingerprint density at radius 1 is 1.22 bits per heavy atom. The number of nitrogens with zero attached hydrogens (tertiary/aromatic N) is 2. The molecule has 2 N–H and O–H groups in total. The number of benzene rings is 1. The minimum Gasteiger partial charge on any atom is -0.393 e. The average Bonchev–Trinajstić information content (AvgIpc) is 2.90. The Hall–Kier alpha value is -1.65. The van der Waals surface area contributed by atoms with Gasteiger partial charge in [-0.3, -0.25) is 0 Å². The Kier molecular flexibility index (Phi) is 5.60. The van der Waals surface area contributed by atoms with Crippen LogP contribution in [0.25, 0.3) is 5.69 Å². The molecule has 0 amide bonds. The summed E-state index contributed by atoms with van der Waals surface area (Å²) in [4.78, 5) is 4.26. The van der Waals surface area contributed by atoms with Crippen LogP contribution in [0.5, 0.6) is 0 Å². The van der Waals surface area contributed by atoms with Crippen LogP contribution in [0.15, 0.2) is 36.7 Å². The Labute approximate surface area is 139 Å². The number of hydrogen-bond donors (Lipinski definition) is 2. The highest BCUT2D eigenvalue weighted by molar-refractivity contribution is 5.36. The van der Waals surface area contributed by atoms with Gasteiger partial charge in [-0.25, -0.2) is 4.98 Å². The number of aryl methyl sites for hydroxylation is 1. The van der Waals surface area contributed by atoms with Crippen molar-refractivity contribution in [1.82, 2.24) is 14.9 Å². The number of hydrogen-bond acceptors (Lipinski definition) is 3. The highest BCUT2D eigenvalue weighted by atomic mass is 16.3. The number of aliphatic hydroxyl groups excluding tert-OH is 1. The van der Waals surface area contributed by atoms with Gasteiger partial charge < -0.3 is 15.0 Å². The van der Waals surface area contributed by atoms with E-state index < -0.39 is 0 Å².